The summed E-state index contributed by atoms with van der Waals surface area (Å²) in [5.74, 6) is -0.807. The third-order valence-electron chi connectivity index (χ3n) is 3.76. The number of carbonyl (C=O) groups excluding carboxylic acids is 1. The van der Waals surface area contributed by atoms with Gasteiger partial charge in [0.1, 0.15) is 0 Å². The van der Waals surface area contributed by atoms with E-state index in [0.717, 1.165) is 5.69 Å². The summed E-state index contributed by atoms with van der Waals surface area (Å²) in [6.07, 6.45) is -5.04. The Hall–Kier alpha value is -3.90. The Morgan fingerprint density at radius 3 is 1.86 bits per heavy atom. The molecule has 13 heteroatoms. The Labute approximate surface area is 161 Å². The number of hydrogen-bond donors (Lipinski definition) is 2. The van der Waals surface area contributed by atoms with Crippen LogP contribution in [-0.4, -0.2) is 29.8 Å². The third-order valence-corrected chi connectivity index (χ3v) is 3.76. The van der Waals surface area contributed by atoms with Crippen LogP contribution in [0.2, 0.25) is 0 Å². The van der Waals surface area contributed by atoms with Crippen LogP contribution in [0.4, 0.5) is 35.9 Å². The van der Waals surface area contributed by atoms with Crippen molar-refractivity contribution in [2.75, 3.05) is 24.4 Å². The molecule has 2 aromatic carbocycles. The van der Waals surface area contributed by atoms with Crippen LogP contribution in [0.3, 0.4) is 0 Å². The van der Waals surface area contributed by atoms with Gasteiger partial charge in [-0.2, -0.15) is 13.2 Å². The van der Waals surface area contributed by atoms with E-state index in [0.29, 0.717) is 0 Å². The Morgan fingerprint density at radius 2 is 1.48 bits per heavy atom. The van der Waals surface area contributed by atoms with Crippen molar-refractivity contribution in [2.45, 2.75) is 6.18 Å². The zero-order valence-electron chi connectivity index (χ0n) is 15.0. The minimum Gasteiger partial charge on any atom is -0.378 e. The quantitative estimate of drug-likeness (QED) is 0.548. The van der Waals surface area contributed by atoms with Crippen LogP contribution in [0, 0.1) is 20.2 Å². The molecule has 0 heterocycles. The maximum Gasteiger partial charge on any atom is 0.416 e. The normalized spacial score (nSPS) is 10.9. The maximum atomic E-state index is 12.9. The fourth-order valence-electron chi connectivity index (χ4n) is 2.29. The number of anilines is 2. The Kier molecular flexibility index (Phi) is 5.90. The van der Waals surface area contributed by atoms with E-state index >= 15 is 0 Å². The first-order valence-corrected chi connectivity index (χ1v) is 7.79. The predicted octanol–water partition coefficient (Wildman–Crippen LogP) is 3.34. The number of nitrogens with zero attached hydrogens (tertiary/aromatic N) is 3. The van der Waals surface area contributed by atoms with Crippen LogP contribution in [0.5, 0.6) is 0 Å². The lowest BCUT2D eigenvalue weighted by molar-refractivity contribution is -0.392. The molecule has 0 fully saturated rings. The zero-order chi connectivity index (χ0) is 21.9. The van der Waals surface area contributed by atoms with Gasteiger partial charge in [-0.1, -0.05) is 0 Å². The zero-order valence-corrected chi connectivity index (χ0v) is 15.0. The van der Waals surface area contributed by atoms with Crippen molar-refractivity contribution < 1.29 is 27.8 Å². The van der Waals surface area contributed by atoms with E-state index < -0.39 is 44.6 Å². The largest absolute Gasteiger partial charge is 0.416 e. The molecule has 2 aromatic rings. The van der Waals surface area contributed by atoms with Crippen LogP contribution in [-0.2, 0) is 6.18 Å². The monoisotopic (exact) mass is 413 g/mol. The van der Waals surface area contributed by atoms with Crippen LogP contribution in [0.1, 0.15) is 15.9 Å². The van der Waals surface area contributed by atoms with Gasteiger partial charge in [-0.3, -0.25) is 35.9 Å². The van der Waals surface area contributed by atoms with Gasteiger partial charge in [-0.05, 0) is 24.3 Å². The summed E-state index contributed by atoms with van der Waals surface area (Å²) in [5.41, 5.74) is 0.0383. The van der Waals surface area contributed by atoms with E-state index in [2.05, 4.69) is 0 Å². The molecule has 2 rings (SSSR count). The number of nitro groups is 2. The van der Waals surface area contributed by atoms with E-state index in [9.17, 15) is 38.2 Å². The molecule has 0 unspecified atom stereocenters. The number of rotatable bonds is 6. The van der Waals surface area contributed by atoms with E-state index in [1.54, 1.807) is 31.1 Å². The summed E-state index contributed by atoms with van der Waals surface area (Å²) < 4.78 is 38.7. The highest BCUT2D eigenvalue weighted by Gasteiger charge is 2.37. The lowest BCUT2D eigenvalue weighted by Gasteiger charge is -2.14. The average Bonchev–Trinajstić information content (AvgIpc) is 2.64. The Balaban J connectivity index is 2.37. The van der Waals surface area contributed by atoms with Gasteiger partial charge in [0.15, 0.2) is 0 Å². The highest BCUT2D eigenvalue weighted by molar-refractivity contribution is 5.95. The van der Waals surface area contributed by atoms with Gasteiger partial charge in [0.05, 0.1) is 15.4 Å². The lowest BCUT2D eigenvalue weighted by atomic mass is 10.1. The number of hydrogen-bond acceptors (Lipinski definition) is 7. The number of benzene rings is 2. The van der Waals surface area contributed by atoms with E-state index in [1.165, 1.54) is 12.1 Å². The number of halogens is 3. The summed E-state index contributed by atoms with van der Waals surface area (Å²) in [6, 6.07) is 6.38. The second-order valence-corrected chi connectivity index (χ2v) is 5.92. The second kappa shape index (κ2) is 8.00. The smallest absolute Gasteiger partial charge is 0.378 e. The molecule has 0 aromatic heterocycles. The van der Waals surface area contributed by atoms with Crippen molar-refractivity contribution in [3.8, 4) is 0 Å². The first-order chi connectivity index (χ1) is 13.4. The summed E-state index contributed by atoms with van der Waals surface area (Å²) in [5, 5.41) is 22.3. The van der Waals surface area contributed by atoms with Crippen molar-refractivity contribution in [1.82, 2.24) is 5.43 Å². The standard InChI is InChI=1S/C16H14F3N5O5/c1-22(2)11-5-3-9(4-6-11)15(25)21-20-14-12(23(26)27)7-10(16(17,18)19)8-13(14)24(28)29/h3-8,20H,1-2H3,(H,21,25). The molecule has 0 radical (unpaired) electrons. The number of amides is 1. The molecule has 0 aliphatic rings. The van der Waals surface area contributed by atoms with Crippen LogP contribution < -0.4 is 15.8 Å². The number of nitrogens with one attached hydrogen (secondary N) is 2. The molecule has 1 amide bonds. The molecular weight excluding hydrogens is 399 g/mol. The van der Waals surface area contributed by atoms with Gasteiger partial charge in [-0.15, -0.1) is 0 Å². The molecular formula is C16H14F3N5O5. The first kappa shape index (κ1) is 21.4. The molecule has 29 heavy (non-hydrogen) atoms. The second-order valence-electron chi connectivity index (χ2n) is 5.92. The van der Waals surface area contributed by atoms with E-state index in [1.807, 2.05) is 10.9 Å². The van der Waals surface area contributed by atoms with Crippen molar-refractivity contribution in [3.63, 3.8) is 0 Å². The van der Waals surface area contributed by atoms with Crippen molar-refractivity contribution in [2.24, 2.45) is 0 Å². The van der Waals surface area contributed by atoms with E-state index in [-0.39, 0.29) is 17.7 Å². The van der Waals surface area contributed by atoms with Gasteiger partial charge >= 0.3 is 17.6 Å². The molecule has 0 bridgehead atoms. The highest BCUT2D eigenvalue weighted by atomic mass is 19.4. The lowest BCUT2D eigenvalue weighted by Crippen LogP contribution is -2.30. The minimum absolute atomic E-state index is 0.111. The molecule has 10 nitrogen and oxygen atoms in total. The van der Waals surface area contributed by atoms with Crippen LogP contribution >= 0.6 is 0 Å². The van der Waals surface area contributed by atoms with Crippen molar-refractivity contribution >= 4 is 28.7 Å². The molecule has 0 atom stereocenters. The number of alkyl halides is 3. The SMILES string of the molecule is CN(C)c1ccc(C(=O)NNc2c([N+](=O)[O-])cc(C(F)(F)F)cc2[N+](=O)[O-])cc1. The molecule has 0 aliphatic carbocycles. The van der Waals surface area contributed by atoms with Crippen molar-refractivity contribution in [3.05, 3.63) is 67.8 Å². The third kappa shape index (κ3) is 4.88. The topological polar surface area (TPSA) is 131 Å². The molecule has 2 N–H and O–H groups in total. The minimum atomic E-state index is -5.04. The number of nitro benzene ring substituents is 2. The number of hydrazine groups is 1. The van der Waals surface area contributed by atoms with Gasteiger partial charge in [0.25, 0.3) is 5.91 Å². The van der Waals surface area contributed by atoms with E-state index in [4.69, 9.17) is 0 Å². The fourth-order valence-corrected chi connectivity index (χ4v) is 2.29. The summed E-state index contributed by atoms with van der Waals surface area (Å²) in [7, 11) is 3.55. The summed E-state index contributed by atoms with van der Waals surface area (Å²) in [4.78, 5) is 33.8. The first-order valence-electron chi connectivity index (χ1n) is 7.79. The maximum absolute atomic E-state index is 12.9. The number of carbonyl (C=O) groups is 1. The molecule has 0 aliphatic heterocycles. The average molecular weight is 413 g/mol. The predicted molar refractivity (Wildman–Crippen MR) is 96.6 cm³/mol. The Morgan fingerprint density at radius 1 is 1.00 bits per heavy atom. The summed E-state index contributed by atoms with van der Waals surface area (Å²) >= 11 is 0. The molecule has 154 valence electrons. The highest BCUT2D eigenvalue weighted by Crippen LogP contribution is 2.40. The summed E-state index contributed by atoms with van der Waals surface area (Å²) in [6.45, 7) is 0. The van der Waals surface area contributed by atoms with Gasteiger partial charge in [0.2, 0.25) is 5.69 Å². The molecule has 0 spiro atoms. The Bertz CT molecular complexity index is 925. The molecule has 0 saturated carbocycles. The van der Waals surface area contributed by atoms with Gasteiger partial charge in [0, 0.05) is 37.5 Å². The van der Waals surface area contributed by atoms with Gasteiger partial charge in [-0.25, -0.2) is 0 Å². The van der Waals surface area contributed by atoms with Gasteiger partial charge < -0.3 is 4.90 Å². The van der Waals surface area contributed by atoms with Crippen LogP contribution in [0.15, 0.2) is 36.4 Å². The molecule has 0 saturated heterocycles. The van der Waals surface area contributed by atoms with Crippen LogP contribution in [0.25, 0.3) is 0 Å². The fraction of sp³-hybridized carbons (Fsp3) is 0.188. The van der Waals surface area contributed by atoms with Crippen molar-refractivity contribution in [1.29, 1.82) is 0 Å².